The monoisotopic (exact) mass is 414 g/mol. The number of halogens is 1. The van der Waals surface area contributed by atoms with Gasteiger partial charge in [0, 0.05) is 49.5 Å². The number of hydrogen-bond donors (Lipinski definition) is 1. The van der Waals surface area contributed by atoms with Gasteiger partial charge in [-0.3, -0.25) is 4.57 Å². The van der Waals surface area contributed by atoms with E-state index in [-0.39, 0.29) is 11.9 Å². The summed E-state index contributed by atoms with van der Waals surface area (Å²) < 4.78 is 17.8. The van der Waals surface area contributed by atoms with Crippen molar-refractivity contribution in [2.75, 3.05) is 18.0 Å². The van der Waals surface area contributed by atoms with E-state index in [2.05, 4.69) is 50.3 Å². The molecular formula is C25H23FN4O. The summed E-state index contributed by atoms with van der Waals surface area (Å²) in [4.78, 5) is 6.93. The van der Waals surface area contributed by atoms with Gasteiger partial charge in [0.25, 0.3) is 0 Å². The first-order valence-electron chi connectivity index (χ1n) is 10.6. The average Bonchev–Trinajstić information content (AvgIpc) is 3.47. The third-order valence-corrected chi connectivity index (χ3v) is 6.42. The molecule has 0 spiro atoms. The Morgan fingerprint density at radius 3 is 2.71 bits per heavy atom. The number of nitrogens with zero attached hydrogens (tertiary/aromatic N) is 4. The van der Waals surface area contributed by atoms with Crippen LogP contribution in [-0.4, -0.2) is 38.4 Å². The van der Waals surface area contributed by atoms with E-state index in [4.69, 9.17) is 0 Å². The number of anilines is 1. The zero-order valence-corrected chi connectivity index (χ0v) is 17.3. The highest BCUT2D eigenvalue weighted by atomic mass is 19.1. The Morgan fingerprint density at radius 1 is 1.10 bits per heavy atom. The van der Waals surface area contributed by atoms with Crippen LogP contribution in [0.2, 0.25) is 0 Å². The van der Waals surface area contributed by atoms with Gasteiger partial charge in [-0.05, 0) is 60.4 Å². The first kappa shape index (κ1) is 18.4. The number of aromatic nitrogens is 3. The quantitative estimate of drug-likeness (QED) is 0.466. The molecule has 2 aromatic heterocycles. The zero-order chi connectivity index (χ0) is 21.1. The Balaban J connectivity index is 1.49. The topological polar surface area (TPSA) is 46.2 Å². The standard InChI is InChI=1S/C25H23FN4O/c1-16-10-21(28-8-6-22(31)15-28)11-19-14-29-13-18(17-2-4-20(26)5-3-17)12-23(29)25-27-7-9-30(25)24(16)19/h2-5,7,9-13,22,31H,6,8,14-15H2,1H3. The van der Waals surface area contributed by atoms with Crippen molar-refractivity contribution in [2.45, 2.75) is 26.0 Å². The van der Waals surface area contributed by atoms with Crippen LogP contribution in [0.25, 0.3) is 28.3 Å². The molecule has 0 amide bonds. The summed E-state index contributed by atoms with van der Waals surface area (Å²) in [5.41, 5.74) is 7.80. The van der Waals surface area contributed by atoms with Crippen LogP contribution < -0.4 is 4.90 Å². The fourth-order valence-corrected chi connectivity index (χ4v) is 4.94. The Bertz CT molecular complexity index is 1290. The number of imidazole rings is 1. The highest BCUT2D eigenvalue weighted by Crippen LogP contribution is 2.37. The fraction of sp³-hybridized carbons (Fsp3) is 0.240. The molecule has 0 radical (unpaired) electrons. The number of aliphatic hydroxyl groups is 1. The summed E-state index contributed by atoms with van der Waals surface area (Å²) in [5, 5.41) is 9.99. The van der Waals surface area contributed by atoms with E-state index >= 15 is 0 Å². The summed E-state index contributed by atoms with van der Waals surface area (Å²) in [7, 11) is 0. The van der Waals surface area contributed by atoms with Gasteiger partial charge in [0.2, 0.25) is 0 Å². The molecule has 1 N–H and O–H groups in total. The number of rotatable bonds is 2. The first-order chi connectivity index (χ1) is 15.1. The van der Waals surface area contributed by atoms with E-state index in [0.717, 1.165) is 47.8 Å². The molecule has 2 aliphatic rings. The van der Waals surface area contributed by atoms with Crippen molar-refractivity contribution in [3.63, 3.8) is 0 Å². The lowest BCUT2D eigenvalue weighted by Gasteiger charge is -2.22. The summed E-state index contributed by atoms with van der Waals surface area (Å²) >= 11 is 0. The molecule has 0 aliphatic carbocycles. The second kappa shape index (κ2) is 6.82. The van der Waals surface area contributed by atoms with Crippen molar-refractivity contribution in [3.8, 4) is 28.3 Å². The van der Waals surface area contributed by atoms with Crippen LogP contribution in [0.3, 0.4) is 0 Å². The maximum atomic E-state index is 13.4. The largest absolute Gasteiger partial charge is 0.391 e. The summed E-state index contributed by atoms with van der Waals surface area (Å²) in [6, 6.07) is 13.2. The smallest absolute Gasteiger partial charge is 0.161 e. The van der Waals surface area contributed by atoms with Gasteiger partial charge in [0.1, 0.15) is 5.82 Å². The molecule has 1 atom stereocenters. The third-order valence-electron chi connectivity index (χ3n) is 6.42. The molecule has 1 saturated heterocycles. The molecule has 4 aromatic rings. The van der Waals surface area contributed by atoms with Gasteiger partial charge < -0.3 is 14.6 Å². The maximum absolute atomic E-state index is 13.4. The molecule has 31 heavy (non-hydrogen) atoms. The lowest BCUT2D eigenvalue weighted by atomic mass is 10.1. The average molecular weight is 414 g/mol. The van der Waals surface area contributed by atoms with Crippen molar-refractivity contribution < 1.29 is 9.50 Å². The van der Waals surface area contributed by atoms with Crippen molar-refractivity contribution in [1.82, 2.24) is 14.1 Å². The summed E-state index contributed by atoms with van der Waals surface area (Å²) in [5.74, 6) is 0.670. The minimum atomic E-state index is -0.256. The van der Waals surface area contributed by atoms with Gasteiger partial charge >= 0.3 is 0 Å². The molecule has 6 rings (SSSR count). The first-order valence-corrected chi connectivity index (χ1v) is 10.6. The number of hydrogen-bond acceptors (Lipinski definition) is 3. The number of fused-ring (bicyclic) bond motifs is 5. The molecule has 5 nitrogen and oxygen atoms in total. The minimum absolute atomic E-state index is 0.232. The van der Waals surface area contributed by atoms with Gasteiger partial charge in [-0.2, -0.15) is 0 Å². The lowest BCUT2D eigenvalue weighted by Crippen LogP contribution is -2.21. The summed E-state index contributed by atoms with van der Waals surface area (Å²) in [6.45, 7) is 4.42. The lowest BCUT2D eigenvalue weighted by molar-refractivity contribution is 0.198. The van der Waals surface area contributed by atoms with Crippen molar-refractivity contribution in [3.05, 3.63) is 78.0 Å². The SMILES string of the molecule is Cc1cc(N2CCC(O)C2)cc2c1-n1ccnc1-c1cc(-c3ccc(F)cc3)cn1C2. The summed E-state index contributed by atoms with van der Waals surface area (Å²) in [6.07, 6.45) is 6.53. The van der Waals surface area contributed by atoms with E-state index in [1.807, 2.05) is 24.5 Å². The second-order valence-electron chi connectivity index (χ2n) is 8.53. The Labute approximate surface area is 180 Å². The van der Waals surface area contributed by atoms with Crippen LogP contribution in [0.1, 0.15) is 17.5 Å². The molecule has 156 valence electrons. The van der Waals surface area contributed by atoms with Gasteiger partial charge in [-0.15, -0.1) is 0 Å². The molecule has 2 aliphatic heterocycles. The van der Waals surface area contributed by atoms with E-state index in [1.54, 1.807) is 0 Å². The van der Waals surface area contributed by atoms with Crippen LogP contribution in [0, 0.1) is 12.7 Å². The number of β-amino-alcohol motifs (C(OH)–C–C–N with tert-alkyl or cyclic N) is 1. The number of aryl methyl sites for hydroxylation is 1. The molecule has 4 heterocycles. The van der Waals surface area contributed by atoms with Gasteiger partial charge in [0.15, 0.2) is 5.82 Å². The Hall–Kier alpha value is -3.38. The molecule has 1 unspecified atom stereocenters. The third kappa shape index (κ3) is 2.98. The van der Waals surface area contributed by atoms with Crippen LogP contribution >= 0.6 is 0 Å². The second-order valence-corrected chi connectivity index (χ2v) is 8.53. The highest BCUT2D eigenvalue weighted by molar-refractivity contribution is 5.73. The molecular weight excluding hydrogens is 391 g/mol. The van der Waals surface area contributed by atoms with Gasteiger partial charge in [-0.25, -0.2) is 9.37 Å². The van der Waals surface area contributed by atoms with Crippen molar-refractivity contribution >= 4 is 5.69 Å². The highest BCUT2D eigenvalue weighted by Gasteiger charge is 2.26. The normalized spacial score (nSPS) is 17.3. The predicted octanol–water partition coefficient (Wildman–Crippen LogP) is 4.39. The molecule has 0 bridgehead atoms. The van der Waals surface area contributed by atoms with Crippen LogP contribution in [-0.2, 0) is 6.54 Å². The van der Waals surface area contributed by atoms with Gasteiger partial charge in [0.05, 0.1) is 17.5 Å². The maximum Gasteiger partial charge on any atom is 0.161 e. The van der Waals surface area contributed by atoms with Crippen LogP contribution in [0.5, 0.6) is 0 Å². The molecule has 2 aromatic carbocycles. The van der Waals surface area contributed by atoms with Gasteiger partial charge in [-0.1, -0.05) is 12.1 Å². The van der Waals surface area contributed by atoms with Crippen LogP contribution in [0.4, 0.5) is 10.1 Å². The van der Waals surface area contributed by atoms with E-state index in [9.17, 15) is 9.50 Å². The minimum Gasteiger partial charge on any atom is -0.391 e. The Kier molecular flexibility index (Phi) is 4.05. The number of benzene rings is 2. The number of aliphatic hydroxyl groups excluding tert-OH is 1. The predicted molar refractivity (Wildman–Crippen MR) is 119 cm³/mol. The van der Waals surface area contributed by atoms with Crippen molar-refractivity contribution in [2.24, 2.45) is 0 Å². The molecule has 1 fully saturated rings. The van der Waals surface area contributed by atoms with E-state index in [0.29, 0.717) is 6.54 Å². The van der Waals surface area contributed by atoms with Crippen LogP contribution in [0.15, 0.2) is 61.1 Å². The molecule has 0 saturated carbocycles. The van der Waals surface area contributed by atoms with E-state index in [1.165, 1.54) is 28.9 Å². The zero-order valence-electron chi connectivity index (χ0n) is 17.3. The van der Waals surface area contributed by atoms with Crippen molar-refractivity contribution in [1.29, 1.82) is 0 Å². The van der Waals surface area contributed by atoms with E-state index < -0.39 is 0 Å². The molecule has 6 heteroatoms. The Morgan fingerprint density at radius 2 is 1.94 bits per heavy atom. The fourth-order valence-electron chi connectivity index (χ4n) is 4.94.